The van der Waals surface area contributed by atoms with E-state index in [1.54, 1.807) is 0 Å². The zero-order valence-electron chi connectivity index (χ0n) is 11.9. The quantitative estimate of drug-likeness (QED) is 0.741. The Kier molecular flexibility index (Phi) is 2.98. The molecule has 104 valence electrons. The second kappa shape index (κ2) is 4.45. The number of ketones is 1. The van der Waals surface area contributed by atoms with Gasteiger partial charge >= 0.3 is 0 Å². The number of halogens is 1. The summed E-state index contributed by atoms with van der Waals surface area (Å²) >= 11 is 6.66. The molecular weight excluding hydrogens is 272 g/mol. The van der Waals surface area contributed by atoms with E-state index in [4.69, 9.17) is 11.6 Å². The molecule has 3 rings (SSSR count). The van der Waals surface area contributed by atoms with Gasteiger partial charge in [-0.2, -0.15) is 5.10 Å². The molecule has 1 aliphatic rings. The Morgan fingerprint density at radius 2 is 1.95 bits per heavy atom. The van der Waals surface area contributed by atoms with E-state index in [0.717, 1.165) is 17.1 Å². The molecule has 0 amide bonds. The third-order valence-electron chi connectivity index (χ3n) is 3.92. The normalized spacial score (nSPS) is 20.8. The number of fused-ring (bicyclic) bond motifs is 1. The molecule has 1 aromatic heterocycles. The van der Waals surface area contributed by atoms with E-state index in [-0.39, 0.29) is 16.6 Å². The molecule has 0 unspecified atom stereocenters. The molecule has 1 atom stereocenters. The number of nitrogens with zero attached hydrogens (tertiary/aromatic N) is 2. The smallest absolute Gasteiger partial charge is 0.167 e. The highest BCUT2D eigenvalue weighted by Gasteiger charge is 2.43. The first kappa shape index (κ1) is 13.4. The number of benzene rings is 1. The average Bonchev–Trinajstić information content (AvgIpc) is 2.75. The van der Waals surface area contributed by atoms with Crippen molar-refractivity contribution in [1.82, 2.24) is 9.78 Å². The maximum atomic E-state index is 12.4. The molecule has 0 spiro atoms. The number of carbonyl (C=O) groups excluding carboxylic acids is 1. The minimum atomic E-state index is -0.259. The summed E-state index contributed by atoms with van der Waals surface area (Å²) < 4.78 is 1.82. The minimum absolute atomic E-state index is 0.140. The van der Waals surface area contributed by atoms with E-state index in [9.17, 15) is 4.79 Å². The lowest BCUT2D eigenvalue weighted by molar-refractivity contribution is 0.0905. The number of aryl methyl sites for hydroxylation is 1. The van der Waals surface area contributed by atoms with Gasteiger partial charge in [-0.1, -0.05) is 32.0 Å². The Balaban J connectivity index is 2.26. The summed E-state index contributed by atoms with van der Waals surface area (Å²) in [7, 11) is 0. The molecule has 0 radical (unpaired) electrons. The topological polar surface area (TPSA) is 34.9 Å². The van der Waals surface area contributed by atoms with Crippen LogP contribution in [-0.4, -0.2) is 15.6 Å². The molecule has 1 aromatic carbocycles. The van der Waals surface area contributed by atoms with Crippen LogP contribution in [-0.2, 0) is 0 Å². The van der Waals surface area contributed by atoms with Crippen molar-refractivity contribution < 1.29 is 4.79 Å². The third-order valence-corrected chi connectivity index (χ3v) is 4.72. The van der Waals surface area contributed by atoms with Crippen LogP contribution in [0.2, 0.25) is 0 Å². The predicted octanol–water partition coefficient (Wildman–Crippen LogP) is 4.07. The summed E-state index contributed by atoms with van der Waals surface area (Å²) in [6.07, 6.45) is 0.468. The number of hydrogen-bond acceptors (Lipinski definition) is 2. The van der Waals surface area contributed by atoms with Crippen LogP contribution in [0.5, 0.6) is 0 Å². The van der Waals surface area contributed by atoms with Crippen molar-refractivity contribution in [3.63, 3.8) is 0 Å². The molecule has 4 heteroatoms. The van der Waals surface area contributed by atoms with Gasteiger partial charge in [0.25, 0.3) is 0 Å². The lowest BCUT2D eigenvalue weighted by atomic mass is 9.75. The zero-order chi connectivity index (χ0) is 14.5. The number of Topliss-reactive ketones (excluding diaryl/α,β-unsaturated/α-hetero) is 1. The van der Waals surface area contributed by atoms with Crippen LogP contribution in [0.1, 0.15) is 47.4 Å². The third kappa shape index (κ3) is 1.88. The van der Waals surface area contributed by atoms with E-state index in [1.807, 2.05) is 55.8 Å². The van der Waals surface area contributed by atoms with Crippen molar-refractivity contribution in [1.29, 1.82) is 0 Å². The molecule has 0 saturated carbocycles. The van der Waals surface area contributed by atoms with Gasteiger partial charge in [0.2, 0.25) is 0 Å². The van der Waals surface area contributed by atoms with Crippen molar-refractivity contribution in [3.8, 4) is 5.69 Å². The van der Waals surface area contributed by atoms with E-state index in [1.165, 1.54) is 0 Å². The molecule has 1 aliphatic carbocycles. The van der Waals surface area contributed by atoms with E-state index in [0.29, 0.717) is 12.0 Å². The highest BCUT2D eigenvalue weighted by atomic mass is 35.5. The summed E-state index contributed by atoms with van der Waals surface area (Å²) in [4.78, 5) is 12.4. The Bertz CT molecular complexity index is 673. The van der Waals surface area contributed by atoms with E-state index >= 15 is 0 Å². The van der Waals surface area contributed by atoms with E-state index < -0.39 is 0 Å². The van der Waals surface area contributed by atoms with Crippen molar-refractivity contribution in [2.45, 2.75) is 32.6 Å². The van der Waals surface area contributed by atoms with Crippen LogP contribution >= 0.6 is 11.6 Å². The number of aromatic nitrogens is 2. The second-order valence-electron chi connectivity index (χ2n) is 6.04. The van der Waals surface area contributed by atoms with Gasteiger partial charge in [0.05, 0.1) is 28.0 Å². The molecule has 0 aliphatic heterocycles. The van der Waals surface area contributed by atoms with Crippen molar-refractivity contribution in [2.24, 2.45) is 5.41 Å². The Labute approximate surface area is 123 Å². The van der Waals surface area contributed by atoms with Crippen LogP contribution in [0.25, 0.3) is 5.69 Å². The first-order valence-electron chi connectivity index (χ1n) is 6.74. The highest BCUT2D eigenvalue weighted by molar-refractivity contribution is 6.23. The molecule has 1 heterocycles. The van der Waals surface area contributed by atoms with Crippen LogP contribution in [0.3, 0.4) is 0 Å². The summed E-state index contributed by atoms with van der Waals surface area (Å²) in [5.74, 6) is 0.140. The SMILES string of the molecule is Cc1nn(-c2ccccc2)c2c1C(=O)CC(C)(C)[C@@H]2Cl. The molecule has 0 N–H and O–H groups in total. The predicted molar refractivity (Wildman–Crippen MR) is 79.6 cm³/mol. The standard InChI is InChI=1S/C16H17ClN2O/c1-10-13-12(20)9-16(2,3)15(17)14(13)19(18-10)11-7-5-4-6-8-11/h4-8,15H,9H2,1-3H3/t15-/m1/s1. The fourth-order valence-electron chi connectivity index (χ4n) is 2.85. The van der Waals surface area contributed by atoms with E-state index in [2.05, 4.69) is 5.10 Å². The summed E-state index contributed by atoms with van der Waals surface area (Å²) in [5, 5.41) is 4.31. The monoisotopic (exact) mass is 288 g/mol. The molecular formula is C16H17ClN2O. The lowest BCUT2D eigenvalue weighted by Gasteiger charge is -2.34. The lowest BCUT2D eigenvalue weighted by Crippen LogP contribution is -2.30. The van der Waals surface area contributed by atoms with Gasteiger partial charge in [-0.25, -0.2) is 4.68 Å². The summed E-state index contributed by atoms with van der Waals surface area (Å²) in [5.41, 5.74) is 2.97. The largest absolute Gasteiger partial charge is 0.294 e. The number of alkyl halides is 1. The molecule has 2 aromatic rings. The fraction of sp³-hybridized carbons (Fsp3) is 0.375. The van der Waals surface area contributed by atoms with Crippen molar-refractivity contribution >= 4 is 17.4 Å². The first-order chi connectivity index (χ1) is 9.42. The molecule has 0 saturated heterocycles. The van der Waals surface area contributed by atoms with Crippen molar-refractivity contribution in [2.75, 3.05) is 0 Å². The Hall–Kier alpha value is -1.61. The van der Waals surface area contributed by atoms with Crippen LogP contribution in [0.15, 0.2) is 30.3 Å². The van der Waals surface area contributed by atoms with Gasteiger partial charge in [-0.05, 0) is 24.5 Å². The fourth-order valence-corrected chi connectivity index (χ4v) is 3.13. The second-order valence-corrected chi connectivity index (χ2v) is 6.48. The Morgan fingerprint density at radius 1 is 1.30 bits per heavy atom. The summed E-state index contributed by atoms with van der Waals surface area (Å²) in [6, 6.07) is 9.82. The van der Waals surface area contributed by atoms with Crippen LogP contribution in [0.4, 0.5) is 0 Å². The molecule has 0 fully saturated rings. The molecule has 3 nitrogen and oxygen atoms in total. The summed E-state index contributed by atoms with van der Waals surface area (Å²) in [6.45, 7) is 5.93. The Morgan fingerprint density at radius 3 is 2.60 bits per heavy atom. The number of para-hydroxylation sites is 1. The van der Waals surface area contributed by atoms with Crippen molar-refractivity contribution in [3.05, 3.63) is 47.3 Å². The van der Waals surface area contributed by atoms with Gasteiger partial charge < -0.3 is 0 Å². The highest BCUT2D eigenvalue weighted by Crippen LogP contribution is 2.48. The first-order valence-corrected chi connectivity index (χ1v) is 7.17. The van der Waals surface area contributed by atoms with Gasteiger partial charge in [-0.15, -0.1) is 11.6 Å². The number of rotatable bonds is 1. The van der Waals surface area contributed by atoms with Gasteiger partial charge in [-0.3, -0.25) is 4.79 Å². The number of carbonyl (C=O) groups is 1. The van der Waals surface area contributed by atoms with Crippen LogP contribution in [0, 0.1) is 12.3 Å². The molecule has 0 bridgehead atoms. The zero-order valence-corrected chi connectivity index (χ0v) is 12.6. The molecule has 20 heavy (non-hydrogen) atoms. The minimum Gasteiger partial charge on any atom is -0.294 e. The van der Waals surface area contributed by atoms with Gasteiger partial charge in [0.15, 0.2) is 5.78 Å². The van der Waals surface area contributed by atoms with Gasteiger partial charge in [0.1, 0.15) is 0 Å². The van der Waals surface area contributed by atoms with Crippen LogP contribution < -0.4 is 0 Å². The average molecular weight is 289 g/mol. The maximum Gasteiger partial charge on any atom is 0.167 e. The van der Waals surface area contributed by atoms with Gasteiger partial charge in [0, 0.05) is 6.42 Å². The number of hydrogen-bond donors (Lipinski definition) is 0. The maximum absolute atomic E-state index is 12.4.